The first-order valence-electron chi connectivity index (χ1n) is 6.87. The molecule has 1 heterocycles. The highest BCUT2D eigenvalue weighted by atomic mass is 35.5. The van der Waals surface area contributed by atoms with Gasteiger partial charge in [0.05, 0.1) is 11.7 Å². The first-order valence-corrected chi connectivity index (χ1v) is 7.41. The molecule has 18 heavy (non-hydrogen) atoms. The summed E-state index contributed by atoms with van der Waals surface area (Å²) in [6, 6.07) is 2.62. The maximum absolute atomic E-state index is 5.79. The molecule has 0 atom stereocenters. The van der Waals surface area contributed by atoms with Crippen molar-refractivity contribution in [2.75, 3.05) is 5.88 Å². The summed E-state index contributed by atoms with van der Waals surface area (Å²) in [5.41, 5.74) is 1.17. The molecule has 1 rings (SSSR count). The van der Waals surface area contributed by atoms with Gasteiger partial charge >= 0.3 is 0 Å². The van der Waals surface area contributed by atoms with E-state index in [1.807, 2.05) is 0 Å². The number of halogens is 1. The zero-order chi connectivity index (χ0) is 13.6. The molecule has 1 aromatic rings. The van der Waals surface area contributed by atoms with Gasteiger partial charge in [0, 0.05) is 24.2 Å². The van der Waals surface area contributed by atoms with Crippen molar-refractivity contribution in [3.63, 3.8) is 0 Å². The lowest BCUT2D eigenvalue weighted by Crippen LogP contribution is -2.39. The van der Waals surface area contributed by atoms with Crippen molar-refractivity contribution in [1.29, 1.82) is 0 Å². The number of aromatic nitrogens is 2. The van der Waals surface area contributed by atoms with E-state index in [1.165, 1.54) is 0 Å². The van der Waals surface area contributed by atoms with Crippen molar-refractivity contribution >= 4 is 11.6 Å². The summed E-state index contributed by atoms with van der Waals surface area (Å²) in [7, 11) is 0. The molecule has 1 aromatic heterocycles. The zero-order valence-electron chi connectivity index (χ0n) is 12.0. The SMILES string of the molecule is CCC(CC)n1ccc(CNC(C)(C)CCCl)n1. The third kappa shape index (κ3) is 4.62. The molecule has 0 bridgehead atoms. The smallest absolute Gasteiger partial charge is 0.0762 e. The topological polar surface area (TPSA) is 29.9 Å². The fourth-order valence-corrected chi connectivity index (χ4v) is 2.46. The van der Waals surface area contributed by atoms with Crippen LogP contribution in [0.5, 0.6) is 0 Å². The standard InChI is InChI=1S/C14H26ClN3/c1-5-13(6-2)18-10-7-12(17-18)11-16-14(3,4)8-9-15/h7,10,13,16H,5-6,8-9,11H2,1-4H3. The second-order valence-electron chi connectivity index (χ2n) is 5.43. The summed E-state index contributed by atoms with van der Waals surface area (Å²) in [5.74, 6) is 0.683. The van der Waals surface area contributed by atoms with E-state index >= 15 is 0 Å². The fourth-order valence-electron chi connectivity index (χ4n) is 1.99. The Kier molecular flexibility index (Phi) is 6.16. The maximum Gasteiger partial charge on any atom is 0.0762 e. The predicted octanol–water partition coefficient (Wildman–Crippen LogP) is 3.74. The Morgan fingerprint density at radius 1 is 1.39 bits per heavy atom. The van der Waals surface area contributed by atoms with E-state index < -0.39 is 0 Å². The third-order valence-electron chi connectivity index (χ3n) is 3.45. The lowest BCUT2D eigenvalue weighted by molar-refractivity contribution is 0.369. The molecule has 0 saturated carbocycles. The van der Waals surface area contributed by atoms with Gasteiger partial charge in [-0.05, 0) is 39.2 Å². The summed E-state index contributed by atoms with van der Waals surface area (Å²) < 4.78 is 2.09. The number of alkyl halides is 1. The molecule has 3 nitrogen and oxygen atoms in total. The zero-order valence-corrected chi connectivity index (χ0v) is 12.8. The molecule has 0 unspecified atom stereocenters. The van der Waals surface area contributed by atoms with Crippen molar-refractivity contribution in [3.05, 3.63) is 18.0 Å². The summed E-state index contributed by atoms with van der Waals surface area (Å²) in [4.78, 5) is 0. The molecule has 0 fully saturated rings. The second-order valence-corrected chi connectivity index (χ2v) is 5.81. The Labute approximate surface area is 116 Å². The van der Waals surface area contributed by atoms with E-state index in [0.717, 1.165) is 31.5 Å². The van der Waals surface area contributed by atoms with Crippen LogP contribution in [0.2, 0.25) is 0 Å². The molecule has 1 N–H and O–H groups in total. The van der Waals surface area contributed by atoms with E-state index in [9.17, 15) is 0 Å². The predicted molar refractivity (Wildman–Crippen MR) is 78.1 cm³/mol. The number of hydrogen-bond donors (Lipinski definition) is 1. The van der Waals surface area contributed by atoms with Gasteiger partial charge in [0.2, 0.25) is 0 Å². The van der Waals surface area contributed by atoms with Gasteiger partial charge in [-0.3, -0.25) is 4.68 Å². The second kappa shape index (κ2) is 7.15. The van der Waals surface area contributed by atoms with E-state index in [0.29, 0.717) is 11.9 Å². The van der Waals surface area contributed by atoms with Crippen molar-refractivity contribution in [3.8, 4) is 0 Å². The van der Waals surface area contributed by atoms with Crippen LogP contribution in [0, 0.1) is 0 Å². The Balaban J connectivity index is 2.54. The van der Waals surface area contributed by atoms with Crippen LogP contribution >= 0.6 is 11.6 Å². The van der Waals surface area contributed by atoms with Gasteiger partial charge in [0.25, 0.3) is 0 Å². The van der Waals surface area contributed by atoms with Crippen LogP contribution in [0.1, 0.15) is 58.7 Å². The minimum Gasteiger partial charge on any atom is -0.306 e. The van der Waals surface area contributed by atoms with Crippen LogP contribution in [-0.4, -0.2) is 21.2 Å². The van der Waals surface area contributed by atoms with Gasteiger partial charge in [0.1, 0.15) is 0 Å². The van der Waals surface area contributed by atoms with Crippen LogP contribution in [-0.2, 0) is 6.54 Å². The quantitative estimate of drug-likeness (QED) is 0.730. The number of nitrogens with one attached hydrogen (secondary N) is 1. The molecule has 0 amide bonds. The van der Waals surface area contributed by atoms with E-state index in [4.69, 9.17) is 11.6 Å². The van der Waals surface area contributed by atoms with Crippen molar-refractivity contribution < 1.29 is 0 Å². The number of nitrogens with zero attached hydrogens (tertiary/aromatic N) is 2. The first kappa shape index (κ1) is 15.5. The average molecular weight is 272 g/mol. The maximum atomic E-state index is 5.79. The van der Waals surface area contributed by atoms with Crippen LogP contribution in [0.25, 0.3) is 0 Å². The normalized spacial score (nSPS) is 12.3. The summed E-state index contributed by atoms with van der Waals surface area (Å²) in [5, 5.41) is 8.14. The number of rotatable bonds is 8. The molecule has 4 heteroatoms. The van der Waals surface area contributed by atoms with Gasteiger partial charge in [-0.2, -0.15) is 5.10 Å². The Bertz CT molecular complexity index is 343. The highest BCUT2D eigenvalue weighted by Crippen LogP contribution is 2.15. The van der Waals surface area contributed by atoms with E-state index in [2.05, 4.69) is 55.1 Å². The summed E-state index contributed by atoms with van der Waals surface area (Å²) in [6.07, 6.45) is 5.30. The van der Waals surface area contributed by atoms with Gasteiger partial charge in [-0.25, -0.2) is 0 Å². The monoisotopic (exact) mass is 271 g/mol. The van der Waals surface area contributed by atoms with E-state index in [-0.39, 0.29) is 5.54 Å². The van der Waals surface area contributed by atoms with Gasteiger partial charge < -0.3 is 5.32 Å². The van der Waals surface area contributed by atoms with E-state index in [1.54, 1.807) is 0 Å². The average Bonchev–Trinajstić information content (AvgIpc) is 2.77. The first-order chi connectivity index (χ1) is 8.52. The lowest BCUT2D eigenvalue weighted by Gasteiger charge is -2.24. The molecule has 0 radical (unpaired) electrons. The van der Waals surface area contributed by atoms with Crippen LogP contribution in [0.4, 0.5) is 0 Å². The fraction of sp³-hybridized carbons (Fsp3) is 0.786. The highest BCUT2D eigenvalue weighted by molar-refractivity contribution is 6.17. The molecule has 0 aliphatic rings. The van der Waals surface area contributed by atoms with Crippen LogP contribution < -0.4 is 5.32 Å². The molecule has 0 aliphatic heterocycles. The van der Waals surface area contributed by atoms with Gasteiger partial charge in [-0.1, -0.05) is 13.8 Å². The molecule has 0 spiro atoms. The minimum absolute atomic E-state index is 0.0699. The highest BCUT2D eigenvalue weighted by Gasteiger charge is 2.16. The molecular weight excluding hydrogens is 246 g/mol. The van der Waals surface area contributed by atoms with Crippen molar-refractivity contribution in [1.82, 2.24) is 15.1 Å². The minimum atomic E-state index is 0.0699. The number of hydrogen-bond acceptors (Lipinski definition) is 2. The Hall–Kier alpha value is -0.540. The third-order valence-corrected chi connectivity index (χ3v) is 3.64. The van der Waals surface area contributed by atoms with Crippen LogP contribution in [0.15, 0.2) is 12.3 Å². The lowest BCUT2D eigenvalue weighted by atomic mass is 10.0. The van der Waals surface area contributed by atoms with Crippen molar-refractivity contribution in [2.45, 2.75) is 65.1 Å². The Morgan fingerprint density at radius 3 is 2.61 bits per heavy atom. The Morgan fingerprint density at radius 2 is 2.06 bits per heavy atom. The summed E-state index contributed by atoms with van der Waals surface area (Å²) >= 11 is 5.79. The molecule has 104 valence electrons. The molecule has 0 saturated heterocycles. The molecule has 0 aliphatic carbocycles. The van der Waals surface area contributed by atoms with Gasteiger partial charge in [-0.15, -0.1) is 11.6 Å². The van der Waals surface area contributed by atoms with Crippen LogP contribution in [0.3, 0.4) is 0 Å². The van der Waals surface area contributed by atoms with Gasteiger partial charge in [0.15, 0.2) is 0 Å². The molecular formula is C14H26ClN3. The largest absolute Gasteiger partial charge is 0.306 e. The summed E-state index contributed by atoms with van der Waals surface area (Å²) in [6.45, 7) is 9.56. The molecule has 0 aromatic carbocycles. The van der Waals surface area contributed by atoms with Crippen molar-refractivity contribution in [2.24, 2.45) is 0 Å².